The Bertz CT molecular complexity index is 903. The zero-order valence-corrected chi connectivity index (χ0v) is 16.8. The Morgan fingerprint density at radius 2 is 1.47 bits per heavy atom. The Balaban J connectivity index is 2.03. The first-order chi connectivity index (χ1) is 13.7. The number of ether oxygens (including phenoxy) is 1. The molecule has 2 aliphatic rings. The second kappa shape index (κ2) is 7.59. The maximum atomic E-state index is 13.1. The molecule has 0 aliphatic carbocycles. The van der Waals surface area contributed by atoms with Gasteiger partial charge in [-0.3, -0.25) is 4.99 Å². The highest BCUT2D eigenvalue weighted by Gasteiger charge is 2.41. The molecule has 2 aliphatic heterocycles. The molecule has 0 amide bonds. The highest BCUT2D eigenvalue weighted by atomic mass is 32.2. The fourth-order valence-electron chi connectivity index (χ4n) is 3.45. The largest absolute Gasteiger partial charge is 0.416 e. The van der Waals surface area contributed by atoms with Gasteiger partial charge in [-0.15, -0.1) is 0 Å². The third-order valence-corrected chi connectivity index (χ3v) is 6.39. The molecule has 3 rings (SSSR count). The maximum Gasteiger partial charge on any atom is 0.416 e. The van der Waals surface area contributed by atoms with E-state index in [0.717, 1.165) is 4.31 Å². The summed E-state index contributed by atoms with van der Waals surface area (Å²) in [6.45, 7) is 3.95. The van der Waals surface area contributed by atoms with Crippen molar-refractivity contribution in [1.29, 1.82) is 0 Å². The van der Waals surface area contributed by atoms with Crippen LogP contribution in [0.4, 0.5) is 26.3 Å². The fourth-order valence-corrected chi connectivity index (χ4v) is 4.97. The lowest BCUT2D eigenvalue weighted by atomic mass is 10.1. The quantitative estimate of drug-likeness (QED) is 0.638. The van der Waals surface area contributed by atoms with E-state index in [2.05, 4.69) is 4.99 Å². The van der Waals surface area contributed by atoms with Gasteiger partial charge in [-0.25, -0.2) is 12.7 Å². The predicted molar refractivity (Wildman–Crippen MR) is 94.2 cm³/mol. The van der Waals surface area contributed by atoms with Crippen molar-refractivity contribution in [3.63, 3.8) is 0 Å². The highest BCUT2D eigenvalue weighted by Crippen LogP contribution is 2.38. The Labute approximate surface area is 169 Å². The van der Waals surface area contributed by atoms with Gasteiger partial charge in [0.15, 0.2) is 0 Å². The molecule has 6 nitrogen and oxygen atoms in total. The van der Waals surface area contributed by atoms with E-state index in [4.69, 9.17) is 4.74 Å². The Morgan fingerprint density at radius 3 is 1.93 bits per heavy atom. The molecule has 0 radical (unpaired) electrons. The van der Waals surface area contributed by atoms with Crippen molar-refractivity contribution in [1.82, 2.24) is 9.21 Å². The van der Waals surface area contributed by atoms with Crippen LogP contribution in [0.2, 0.25) is 0 Å². The smallest absolute Gasteiger partial charge is 0.372 e. The van der Waals surface area contributed by atoms with Gasteiger partial charge in [-0.2, -0.15) is 26.3 Å². The molecule has 0 spiro atoms. The van der Waals surface area contributed by atoms with Gasteiger partial charge in [0, 0.05) is 13.1 Å². The van der Waals surface area contributed by atoms with Crippen LogP contribution in [-0.2, 0) is 27.1 Å². The lowest BCUT2D eigenvalue weighted by Gasteiger charge is -2.38. The number of aliphatic imine (C=N–C) groups is 1. The van der Waals surface area contributed by atoms with Crippen LogP contribution in [0.1, 0.15) is 25.0 Å². The minimum Gasteiger partial charge on any atom is -0.372 e. The van der Waals surface area contributed by atoms with E-state index in [1.165, 1.54) is 0 Å². The SMILES string of the molecule is C[C@@H]1CN(C2=NCCN2S(=O)(=O)c2cc(C(F)(F)F)cc(C(F)(F)F)c2)C[C@@H](C)O1. The fraction of sp³-hybridized carbons (Fsp3) is 0.588. The molecule has 30 heavy (non-hydrogen) atoms. The number of guanidine groups is 1. The summed E-state index contributed by atoms with van der Waals surface area (Å²) in [5.74, 6) is -0.0111. The van der Waals surface area contributed by atoms with E-state index in [1.807, 2.05) is 0 Å². The van der Waals surface area contributed by atoms with Crippen LogP contribution in [0, 0.1) is 0 Å². The van der Waals surface area contributed by atoms with Crippen LogP contribution < -0.4 is 0 Å². The molecule has 2 heterocycles. The van der Waals surface area contributed by atoms with Gasteiger partial charge < -0.3 is 9.64 Å². The average molecular weight is 459 g/mol. The predicted octanol–water partition coefficient (Wildman–Crippen LogP) is 3.19. The van der Waals surface area contributed by atoms with E-state index in [-0.39, 0.29) is 62.5 Å². The van der Waals surface area contributed by atoms with Crippen molar-refractivity contribution in [2.24, 2.45) is 4.99 Å². The van der Waals surface area contributed by atoms with Gasteiger partial charge in [0.25, 0.3) is 10.0 Å². The van der Waals surface area contributed by atoms with Crippen molar-refractivity contribution in [3.8, 4) is 0 Å². The van der Waals surface area contributed by atoms with Crippen LogP contribution in [0.15, 0.2) is 28.1 Å². The van der Waals surface area contributed by atoms with E-state index < -0.39 is 38.4 Å². The second-order valence-corrected chi connectivity index (χ2v) is 9.03. The average Bonchev–Trinajstić information content (AvgIpc) is 3.09. The van der Waals surface area contributed by atoms with Crippen LogP contribution in [0.5, 0.6) is 0 Å². The molecule has 1 fully saturated rings. The monoisotopic (exact) mass is 459 g/mol. The zero-order chi connectivity index (χ0) is 22.5. The zero-order valence-electron chi connectivity index (χ0n) is 16.0. The van der Waals surface area contributed by atoms with Gasteiger partial charge in [0.05, 0.1) is 41.3 Å². The van der Waals surface area contributed by atoms with E-state index >= 15 is 0 Å². The van der Waals surface area contributed by atoms with Gasteiger partial charge in [-0.1, -0.05) is 0 Å². The van der Waals surface area contributed by atoms with Gasteiger partial charge in [0.2, 0.25) is 5.96 Å². The maximum absolute atomic E-state index is 13.1. The Hall–Kier alpha value is -2.02. The molecule has 1 aromatic rings. The van der Waals surface area contributed by atoms with Gasteiger partial charge in [-0.05, 0) is 32.0 Å². The number of rotatable bonds is 2. The lowest BCUT2D eigenvalue weighted by Crippen LogP contribution is -2.53. The number of sulfonamides is 1. The molecule has 0 saturated carbocycles. The molecule has 0 unspecified atom stereocenters. The molecule has 0 N–H and O–H groups in total. The molecular formula is C17H19F6N3O3S. The standard InChI is InChI=1S/C17H19F6N3O3S/c1-10-8-25(9-11(2)29-10)15-24-3-4-26(15)30(27,28)14-6-12(16(18,19)20)5-13(7-14)17(21,22)23/h5-7,10-11H,3-4,8-9H2,1-2H3/t10-,11-/m1/s1. The summed E-state index contributed by atoms with van der Waals surface area (Å²) in [5.41, 5.74) is -3.38. The van der Waals surface area contributed by atoms with Crippen LogP contribution >= 0.6 is 0 Å². The Morgan fingerprint density at radius 1 is 0.967 bits per heavy atom. The van der Waals surface area contributed by atoms with E-state index in [1.54, 1.807) is 18.7 Å². The molecule has 168 valence electrons. The normalized spacial score (nSPS) is 23.7. The number of halogens is 6. The minimum atomic E-state index is -5.15. The Kier molecular flexibility index (Phi) is 5.73. The van der Waals surface area contributed by atoms with Crippen molar-refractivity contribution < 1.29 is 39.5 Å². The number of nitrogens with zero attached hydrogens (tertiary/aromatic N) is 3. The summed E-state index contributed by atoms with van der Waals surface area (Å²) in [7, 11) is -4.72. The molecule has 1 saturated heterocycles. The second-order valence-electron chi connectivity index (χ2n) is 7.16. The first-order valence-electron chi connectivity index (χ1n) is 8.96. The lowest BCUT2D eigenvalue weighted by molar-refractivity contribution is -0.143. The van der Waals surface area contributed by atoms with Crippen molar-refractivity contribution in [2.45, 2.75) is 43.3 Å². The molecule has 0 bridgehead atoms. The van der Waals surface area contributed by atoms with E-state index in [0.29, 0.717) is 0 Å². The third kappa shape index (κ3) is 4.51. The van der Waals surface area contributed by atoms with Gasteiger partial charge in [0.1, 0.15) is 0 Å². The summed E-state index contributed by atoms with van der Waals surface area (Å²) >= 11 is 0. The number of morpholine rings is 1. The molecule has 0 aromatic heterocycles. The third-order valence-electron chi connectivity index (χ3n) is 4.63. The van der Waals surface area contributed by atoms with Crippen molar-refractivity contribution >= 4 is 16.0 Å². The summed E-state index contributed by atoms with van der Waals surface area (Å²) in [6, 6.07) is 0.319. The molecular weight excluding hydrogens is 440 g/mol. The summed E-state index contributed by atoms with van der Waals surface area (Å²) in [6.07, 6.45) is -10.8. The topological polar surface area (TPSA) is 62.2 Å². The molecule has 13 heteroatoms. The number of alkyl halides is 6. The van der Waals surface area contributed by atoms with Gasteiger partial charge >= 0.3 is 12.4 Å². The number of benzene rings is 1. The number of hydrogen-bond acceptors (Lipinski definition) is 5. The number of hydrogen-bond donors (Lipinski definition) is 0. The molecule has 1 aromatic carbocycles. The summed E-state index contributed by atoms with van der Waals surface area (Å²) < 4.78 is 111. The van der Waals surface area contributed by atoms with Crippen LogP contribution in [0.25, 0.3) is 0 Å². The summed E-state index contributed by atoms with van der Waals surface area (Å²) in [4.78, 5) is 4.66. The van der Waals surface area contributed by atoms with E-state index in [9.17, 15) is 34.8 Å². The first kappa shape index (κ1) is 22.7. The van der Waals surface area contributed by atoms with Crippen LogP contribution in [-0.4, -0.2) is 62.0 Å². The highest BCUT2D eigenvalue weighted by molar-refractivity contribution is 7.89. The summed E-state index contributed by atoms with van der Waals surface area (Å²) in [5, 5.41) is 0. The molecule has 2 atom stereocenters. The first-order valence-corrected chi connectivity index (χ1v) is 10.4. The van der Waals surface area contributed by atoms with Crippen molar-refractivity contribution in [3.05, 3.63) is 29.3 Å². The minimum absolute atomic E-state index is 0.0111. The van der Waals surface area contributed by atoms with Crippen LogP contribution in [0.3, 0.4) is 0 Å². The van der Waals surface area contributed by atoms with Crippen molar-refractivity contribution in [2.75, 3.05) is 26.2 Å².